The third-order valence-electron chi connectivity index (χ3n) is 3.83. The standard InChI is InChI=1S/C19H15NO3/c21-18-13-23-19-9-8-15(22-12-14-5-2-1-3-6-14)11-17(19)20-10-4-7-16(18)20/h1-11H,12-13H2. The van der Waals surface area contributed by atoms with Gasteiger partial charge in [-0.15, -0.1) is 0 Å². The summed E-state index contributed by atoms with van der Waals surface area (Å²) in [7, 11) is 0. The molecule has 0 saturated carbocycles. The molecule has 0 radical (unpaired) electrons. The number of carbonyl (C=O) groups excluding carboxylic acids is 1. The van der Waals surface area contributed by atoms with Gasteiger partial charge in [-0.3, -0.25) is 4.79 Å². The van der Waals surface area contributed by atoms with Crippen LogP contribution in [0.3, 0.4) is 0 Å². The zero-order chi connectivity index (χ0) is 15.6. The number of carbonyl (C=O) groups is 1. The molecule has 23 heavy (non-hydrogen) atoms. The van der Waals surface area contributed by atoms with Crippen LogP contribution in [0.1, 0.15) is 16.1 Å². The molecule has 1 aliphatic rings. The van der Waals surface area contributed by atoms with Crippen molar-refractivity contribution < 1.29 is 14.3 Å². The zero-order valence-electron chi connectivity index (χ0n) is 12.4. The molecule has 4 nitrogen and oxygen atoms in total. The summed E-state index contributed by atoms with van der Waals surface area (Å²) in [4.78, 5) is 12.1. The summed E-state index contributed by atoms with van der Waals surface area (Å²) in [6, 6.07) is 19.3. The van der Waals surface area contributed by atoms with E-state index >= 15 is 0 Å². The summed E-state index contributed by atoms with van der Waals surface area (Å²) in [6.45, 7) is 0.555. The van der Waals surface area contributed by atoms with Crippen LogP contribution in [0.25, 0.3) is 5.69 Å². The summed E-state index contributed by atoms with van der Waals surface area (Å²) in [5, 5.41) is 0. The maximum atomic E-state index is 12.1. The lowest BCUT2D eigenvalue weighted by Gasteiger charge is -2.12. The van der Waals surface area contributed by atoms with Crippen molar-refractivity contribution in [1.82, 2.24) is 4.57 Å². The van der Waals surface area contributed by atoms with Gasteiger partial charge in [0, 0.05) is 12.3 Å². The van der Waals surface area contributed by atoms with Crippen LogP contribution in [0, 0.1) is 0 Å². The highest BCUT2D eigenvalue weighted by Gasteiger charge is 2.20. The molecule has 1 aromatic heterocycles. The fourth-order valence-electron chi connectivity index (χ4n) is 2.67. The lowest BCUT2D eigenvalue weighted by Crippen LogP contribution is -2.10. The Balaban J connectivity index is 1.65. The van der Waals surface area contributed by atoms with Gasteiger partial charge in [0.15, 0.2) is 6.61 Å². The second-order valence-electron chi connectivity index (χ2n) is 5.38. The van der Waals surface area contributed by atoms with Gasteiger partial charge in [-0.05, 0) is 29.8 Å². The van der Waals surface area contributed by atoms with E-state index < -0.39 is 0 Å². The SMILES string of the molecule is O=C1COc2ccc(OCc3ccccc3)cc2-n2cccc21. The van der Waals surface area contributed by atoms with Crippen LogP contribution in [0.2, 0.25) is 0 Å². The van der Waals surface area contributed by atoms with Gasteiger partial charge in [0.2, 0.25) is 5.78 Å². The molecular weight excluding hydrogens is 290 g/mol. The number of rotatable bonds is 3. The molecule has 0 spiro atoms. The van der Waals surface area contributed by atoms with Gasteiger partial charge >= 0.3 is 0 Å². The number of Topliss-reactive ketones (excluding diaryl/α,β-unsaturated/α-hetero) is 1. The van der Waals surface area contributed by atoms with Crippen molar-refractivity contribution in [1.29, 1.82) is 0 Å². The van der Waals surface area contributed by atoms with Crippen molar-refractivity contribution in [3.05, 3.63) is 78.1 Å². The first-order chi connectivity index (χ1) is 11.3. The minimum atomic E-state index is -0.0297. The molecule has 0 N–H and O–H groups in total. The number of nitrogens with zero attached hydrogens (tertiary/aromatic N) is 1. The fraction of sp³-hybridized carbons (Fsp3) is 0.105. The molecule has 114 valence electrons. The van der Waals surface area contributed by atoms with E-state index in [0.717, 1.165) is 17.0 Å². The third-order valence-corrected chi connectivity index (χ3v) is 3.83. The molecule has 0 amide bonds. The van der Waals surface area contributed by atoms with E-state index in [2.05, 4.69) is 0 Å². The van der Waals surface area contributed by atoms with E-state index in [1.807, 2.05) is 65.4 Å². The monoisotopic (exact) mass is 305 g/mol. The normalized spacial score (nSPS) is 12.8. The van der Waals surface area contributed by atoms with Crippen LogP contribution in [0.4, 0.5) is 0 Å². The summed E-state index contributed by atoms with van der Waals surface area (Å²) >= 11 is 0. The van der Waals surface area contributed by atoms with Crippen molar-refractivity contribution in [2.45, 2.75) is 6.61 Å². The molecule has 3 aromatic rings. The zero-order valence-corrected chi connectivity index (χ0v) is 12.4. The van der Waals surface area contributed by atoms with Crippen LogP contribution in [-0.4, -0.2) is 17.0 Å². The largest absolute Gasteiger partial charge is 0.489 e. The summed E-state index contributed by atoms with van der Waals surface area (Å²) in [5.41, 5.74) is 2.56. The first-order valence-electron chi connectivity index (χ1n) is 7.46. The van der Waals surface area contributed by atoms with Gasteiger partial charge in [0.1, 0.15) is 18.1 Å². The van der Waals surface area contributed by atoms with Crippen molar-refractivity contribution in [2.75, 3.05) is 6.61 Å². The maximum absolute atomic E-state index is 12.1. The molecule has 2 aromatic carbocycles. The first kappa shape index (κ1) is 13.6. The molecule has 1 aliphatic heterocycles. The van der Waals surface area contributed by atoms with Crippen molar-refractivity contribution in [2.24, 2.45) is 0 Å². The van der Waals surface area contributed by atoms with Gasteiger partial charge in [-0.1, -0.05) is 30.3 Å². The number of ether oxygens (including phenoxy) is 2. The molecule has 0 saturated heterocycles. The van der Waals surface area contributed by atoms with Gasteiger partial charge in [0.25, 0.3) is 0 Å². The number of aromatic nitrogens is 1. The van der Waals surface area contributed by atoms with E-state index in [4.69, 9.17) is 9.47 Å². The second-order valence-corrected chi connectivity index (χ2v) is 5.38. The predicted octanol–water partition coefficient (Wildman–Crippen LogP) is 3.63. The predicted molar refractivity (Wildman–Crippen MR) is 86.4 cm³/mol. The fourth-order valence-corrected chi connectivity index (χ4v) is 2.67. The van der Waals surface area contributed by atoms with E-state index in [1.165, 1.54) is 0 Å². The molecule has 4 heteroatoms. The van der Waals surface area contributed by atoms with E-state index in [-0.39, 0.29) is 12.4 Å². The maximum Gasteiger partial charge on any atom is 0.216 e. The van der Waals surface area contributed by atoms with Crippen molar-refractivity contribution in [3.63, 3.8) is 0 Å². The summed E-state index contributed by atoms with van der Waals surface area (Å²) in [5.74, 6) is 1.39. The molecule has 0 aliphatic carbocycles. The Kier molecular flexibility index (Phi) is 3.35. The van der Waals surface area contributed by atoms with Crippen LogP contribution >= 0.6 is 0 Å². The molecule has 0 bridgehead atoms. The van der Waals surface area contributed by atoms with Crippen molar-refractivity contribution in [3.8, 4) is 17.2 Å². The highest BCUT2D eigenvalue weighted by atomic mass is 16.5. The number of ketones is 1. The van der Waals surface area contributed by atoms with Crippen molar-refractivity contribution >= 4 is 5.78 Å². The number of hydrogen-bond acceptors (Lipinski definition) is 3. The van der Waals surface area contributed by atoms with Gasteiger partial charge in [-0.25, -0.2) is 0 Å². The number of hydrogen-bond donors (Lipinski definition) is 0. The van der Waals surface area contributed by atoms with E-state index in [9.17, 15) is 4.79 Å². The van der Waals surface area contributed by atoms with E-state index in [0.29, 0.717) is 18.1 Å². The Bertz CT molecular complexity index is 852. The summed E-state index contributed by atoms with van der Waals surface area (Å²) < 4.78 is 13.3. The van der Waals surface area contributed by atoms with Crippen LogP contribution in [-0.2, 0) is 6.61 Å². The molecule has 0 unspecified atom stereocenters. The highest BCUT2D eigenvalue weighted by Crippen LogP contribution is 2.31. The highest BCUT2D eigenvalue weighted by molar-refractivity contribution is 5.97. The smallest absolute Gasteiger partial charge is 0.216 e. The Labute approximate surface area is 133 Å². The molecule has 4 rings (SSSR count). The topological polar surface area (TPSA) is 40.5 Å². The number of fused-ring (bicyclic) bond motifs is 3. The Morgan fingerprint density at radius 1 is 1.04 bits per heavy atom. The Hall–Kier alpha value is -3.01. The average Bonchev–Trinajstić information content (AvgIpc) is 3.04. The molecule has 0 fully saturated rings. The molecule has 0 atom stereocenters. The first-order valence-corrected chi connectivity index (χ1v) is 7.46. The second kappa shape index (κ2) is 5.65. The van der Waals surface area contributed by atoms with Gasteiger partial charge in [-0.2, -0.15) is 0 Å². The van der Waals surface area contributed by atoms with E-state index in [1.54, 1.807) is 6.07 Å². The van der Waals surface area contributed by atoms with Crippen LogP contribution in [0.5, 0.6) is 11.5 Å². The molecular formula is C19H15NO3. The molecule has 2 heterocycles. The minimum Gasteiger partial charge on any atom is -0.489 e. The summed E-state index contributed by atoms with van der Waals surface area (Å²) in [6.07, 6.45) is 1.86. The minimum absolute atomic E-state index is 0.0297. The van der Waals surface area contributed by atoms with Gasteiger partial charge in [0.05, 0.1) is 11.4 Å². The van der Waals surface area contributed by atoms with Crippen LogP contribution < -0.4 is 9.47 Å². The van der Waals surface area contributed by atoms with Crippen LogP contribution in [0.15, 0.2) is 66.9 Å². The van der Waals surface area contributed by atoms with Gasteiger partial charge < -0.3 is 14.0 Å². The Morgan fingerprint density at radius 2 is 1.91 bits per heavy atom. The quantitative estimate of drug-likeness (QED) is 0.742. The third kappa shape index (κ3) is 2.59. The lowest BCUT2D eigenvalue weighted by atomic mass is 10.2. The lowest BCUT2D eigenvalue weighted by molar-refractivity contribution is 0.0921. The average molecular weight is 305 g/mol. The number of benzene rings is 2. The Morgan fingerprint density at radius 3 is 2.78 bits per heavy atom.